The third kappa shape index (κ3) is 3.42. The molecule has 0 spiro atoms. The summed E-state index contributed by atoms with van der Waals surface area (Å²) in [6.45, 7) is 5.74. The third-order valence-electron chi connectivity index (χ3n) is 3.97. The highest BCUT2D eigenvalue weighted by atomic mass is 16.6. The molecule has 1 N–H and O–H groups in total. The molecule has 2 amide bonds. The summed E-state index contributed by atoms with van der Waals surface area (Å²) >= 11 is 0. The normalized spacial score (nSPS) is 26.7. The van der Waals surface area contributed by atoms with Crippen molar-refractivity contribution in [1.82, 2.24) is 9.80 Å². The number of piperazine rings is 1. The molecule has 0 bridgehead atoms. The minimum atomic E-state index is -0.395. The maximum absolute atomic E-state index is 12.1. The van der Waals surface area contributed by atoms with Gasteiger partial charge in [-0.15, -0.1) is 0 Å². The number of hydrogen-bond donors (Lipinski definition) is 1. The van der Waals surface area contributed by atoms with Gasteiger partial charge in [0.2, 0.25) is 5.91 Å². The van der Waals surface area contributed by atoms with E-state index >= 15 is 0 Å². The average molecular weight is 284 g/mol. The molecule has 2 fully saturated rings. The first-order chi connectivity index (χ1) is 9.51. The van der Waals surface area contributed by atoms with E-state index < -0.39 is 6.09 Å². The molecule has 0 aromatic rings. The van der Waals surface area contributed by atoms with Crippen LogP contribution in [0.15, 0.2) is 0 Å². The smallest absolute Gasteiger partial charge is 0.410 e. The molecule has 1 heterocycles. The Labute approximate surface area is 119 Å². The van der Waals surface area contributed by atoms with Gasteiger partial charge in [-0.1, -0.05) is 13.8 Å². The second kappa shape index (κ2) is 6.43. The molecule has 1 saturated heterocycles. The standard InChI is InChI=1S/C14H24N2O4/c1-10(2)9-20-14(19)15-3-4-16(13(18)7-15)12-5-11(6-12)8-17/h10-12,17H,3-9H2,1-2H3. The maximum atomic E-state index is 12.1. The maximum Gasteiger partial charge on any atom is 0.410 e. The molecule has 0 aromatic carbocycles. The fraction of sp³-hybridized carbons (Fsp3) is 0.857. The minimum absolute atomic E-state index is 0.0147. The summed E-state index contributed by atoms with van der Waals surface area (Å²) in [6, 6.07) is 0.244. The van der Waals surface area contributed by atoms with Gasteiger partial charge in [-0.25, -0.2) is 4.79 Å². The topological polar surface area (TPSA) is 70.1 Å². The Morgan fingerprint density at radius 3 is 2.65 bits per heavy atom. The zero-order valence-corrected chi connectivity index (χ0v) is 12.2. The van der Waals surface area contributed by atoms with Gasteiger partial charge in [-0.05, 0) is 24.7 Å². The molecular weight excluding hydrogens is 260 g/mol. The molecule has 20 heavy (non-hydrogen) atoms. The predicted molar refractivity (Wildman–Crippen MR) is 73.1 cm³/mol. The SMILES string of the molecule is CC(C)COC(=O)N1CCN(C2CC(CO)C2)C(=O)C1. The van der Waals surface area contributed by atoms with Crippen LogP contribution in [-0.2, 0) is 9.53 Å². The summed E-state index contributed by atoms with van der Waals surface area (Å²) in [5.41, 5.74) is 0. The molecule has 2 aliphatic rings. The van der Waals surface area contributed by atoms with Crippen LogP contribution in [0.1, 0.15) is 26.7 Å². The van der Waals surface area contributed by atoms with Crippen molar-refractivity contribution in [2.75, 3.05) is 32.8 Å². The van der Waals surface area contributed by atoms with Gasteiger partial charge in [0.1, 0.15) is 6.54 Å². The van der Waals surface area contributed by atoms with Crippen LogP contribution >= 0.6 is 0 Å². The summed E-state index contributed by atoms with van der Waals surface area (Å²) in [7, 11) is 0. The number of hydrogen-bond acceptors (Lipinski definition) is 4. The van der Waals surface area contributed by atoms with Gasteiger partial charge in [0.25, 0.3) is 0 Å². The van der Waals surface area contributed by atoms with Crippen molar-refractivity contribution in [2.45, 2.75) is 32.7 Å². The molecule has 0 atom stereocenters. The van der Waals surface area contributed by atoms with Crippen molar-refractivity contribution < 1.29 is 19.4 Å². The lowest BCUT2D eigenvalue weighted by molar-refractivity contribution is -0.141. The van der Waals surface area contributed by atoms with E-state index in [2.05, 4.69) is 0 Å². The Morgan fingerprint density at radius 2 is 2.10 bits per heavy atom. The van der Waals surface area contributed by atoms with Crippen molar-refractivity contribution in [1.29, 1.82) is 0 Å². The number of ether oxygens (including phenoxy) is 1. The van der Waals surface area contributed by atoms with Crippen molar-refractivity contribution in [3.05, 3.63) is 0 Å². The third-order valence-corrected chi connectivity index (χ3v) is 3.97. The van der Waals surface area contributed by atoms with E-state index in [1.807, 2.05) is 18.7 Å². The number of carbonyl (C=O) groups excluding carboxylic acids is 2. The van der Waals surface area contributed by atoms with Crippen LogP contribution in [-0.4, -0.2) is 65.8 Å². The van der Waals surface area contributed by atoms with Crippen LogP contribution in [0.5, 0.6) is 0 Å². The first-order valence-electron chi connectivity index (χ1n) is 7.33. The molecule has 6 nitrogen and oxygen atoms in total. The van der Waals surface area contributed by atoms with E-state index in [0.717, 1.165) is 12.8 Å². The summed E-state index contributed by atoms with van der Waals surface area (Å²) in [5.74, 6) is 0.613. The number of aliphatic hydroxyl groups excluding tert-OH is 1. The number of nitrogens with zero attached hydrogens (tertiary/aromatic N) is 2. The second-order valence-electron chi connectivity index (χ2n) is 6.15. The van der Waals surface area contributed by atoms with E-state index in [0.29, 0.717) is 31.5 Å². The van der Waals surface area contributed by atoms with Gasteiger partial charge in [0.15, 0.2) is 0 Å². The lowest BCUT2D eigenvalue weighted by Gasteiger charge is -2.45. The summed E-state index contributed by atoms with van der Waals surface area (Å²) in [5, 5.41) is 9.01. The highest BCUT2D eigenvalue weighted by molar-refractivity contribution is 5.83. The van der Waals surface area contributed by atoms with Crippen LogP contribution in [0.25, 0.3) is 0 Å². The monoisotopic (exact) mass is 284 g/mol. The average Bonchev–Trinajstić information content (AvgIpc) is 2.36. The summed E-state index contributed by atoms with van der Waals surface area (Å²) in [6.07, 6.45) is 1.36. The van der Waals surface area contributed by atoms with Crippen LogP contribution < -0.4 is 0 Å². The highest BCUT2D eigenvalue weighted by Crippen LogP contribution is 2.32. The molecule has 2 rings (SSSR count). The Hall–Kier alpha value is -1.30. The fourth-order valence-electron chi connectivity index (χ4n) is 2.66. The van der Waals surface area contributed by atoms with E-state index in [1.165, 1.54) is 4.90 Å². The quantitative estimate of drug-likeness (QED) is 0.825. The Bertz CT molecular complexity index is 366. The number of carbonyl (C=O) groups is 2. The van der Waals surface area contributed by atoms with E-state index in [9.17, 15) is 9.59 Å². The Kier molecular flexibility index (Phi) is 4.86. The minimum Gasteiger partial charge on any atom is -0.449 e. The van der Waals surface area contributed by atoms with Gasteiger partial charge >= 0.3 is 6.09 Å². The zero-order valence-electron chi connectivity index (χ0n) is 12.2. The van der Waals surface area contributed by atoms with Gasteiger partial charge < -0.3 is 14.7 Å². The molecule has 0 radical (unpaired) electrons. The van der Waals surface area contributed by atoms with Gasteiger partial charge in [-0.3, -0.25) is 9.69 Å². The summed E-state index contributed by atoms with van der Waals surface area (Å²) in [4.78, 5) is 27.2. The van der Waals surface area contributed by atoms with Gasteiger partial charge in [0.05, 0.1) is 6.61 Å². The number of aliphatic hydroxyl groups is 1. The molecule has 0 aromatic heterocycles. The van der Waals surface area contributed by atoms with Crippen molar-refractivity contribution >= 4 is 12.0 Å². The van der Waals surface area contributed by atoms with E-state index in [1.54, 1.807) is 0 Å². The first kappa shape index (κ1) is 15.1. The zero-order chi connectivity index (χ0) is 14.7. The van der Waals surface area contributed by atoms with Gasteiger partial charge in [-0.2, -0.15) is 0 Å². The Balaban J connectivity index is 1.77. The van der Waals surface area contributed by atoms with Crippen LogP contribution in [0.4, 0.5) is 4.79 Å². The molecule has 1 aliphatic carbocycles. The molecule has 1 aliphatic heterocycles. The number of amides is 2. The predicted octanol–water partition coefficient (Wildman–Crippen LogP) is 0.694. The van der Waals surface area contributed by atoms with E-state index in [4.69, 9.17) is 9.84 Å². The fourth-order valence-corrected chi connectivity index (χ4v) is 2.66. The lowest BCUT2D eigenvalue weighted by Crippen LogP contribution is -2.58. The Morgan fingerprint density at radius 1 is 1.40 bits per heavy atom. The second-order valence-corrected chi connectivity index (χ2v) is 6.15. The molecule has 1 saturated carbocycles. The van der Waals surface area contributed by atoms with Crippen molar-refractivity contribution in [3.63, 3.8) is 0 Å². The summed E-state index contributed by atoms with van der Waals surface area (Å²) < 4.78 is 5.14. The lowest BCUT2D eigenvalue weighted by atomic mass is 9.79. The van der Waals surface area contributed by atoms with Crippen LogP contribution in [0, 0.1) is 11.8 Å². The van der Waals surface area contributed by atoms with Crippen LogP contribution in [0.2, 0.25) is 0 Å². The van der Waals surface area contributed by atoms with Crippen LogP contribution in [0.3, 0.4) is 0 Å². The highest BCUT2D eigenvalue weighted by Gasteiger charge is 2.38. The van der Waals surface area contributed by atoms with Gasteiger partial charge in [0, 0.05) is 25.7 Å². The molecule has 0 unspecified atom stereocenters. The largest absolute Gasteiger partial charge is 0.449 e. The molecular formula is C14H24N2O4. The molecule has 114 valence electrons. The van der Waals surface area contributed by atoms with E-state index in [-0.39, 0.29) is 25.1 Å². The van der Waals surface area contributed by atoms with Crippen molar-refractivity contribution in [3.8, 4) is 0 Å². The first-order valence-corrected chi connectivity index (χ1v) is 7.33. The molecule has 6 heteroatoms. The van der Waals surface area contributed by atoms with Crippen molar-refractivity contribution in [2.24, 2.45) is 11.8 Å². The number of rotatable bonds is 4.